The van der Waals surface area contributed by atoms with E-state index in [1.54, 1.807) is 0 Å². The van der Waals surface area contributed by atoms with Crippen LogP contribution in [0.4, 0.5) is 0 Å². The number of esters is 3. The number of hydrogen-bond donors (Lipinski definition) is 3. The van der Waals surface area contributed by atoms with Gasteiger partial charge >= 0.3 is 23.9 Å². The highest BCUT2D eigenvalue weighted by Crippen LogP contribution is 2.26. The molecule has 12 nitrogen and oxygen atoms in total. The predicted octanol–water partition coefficient (Wildman–Crippen LogP) is 18.3. The number of carboxylic acid groups (broad SMARTS) is 1. The summed E-state index contributed by atoms with van der Waals surface area (Å²) in [7, 11) is 0. The van der Waals surface area contributed by atoms with Gasteiger partial charge < -0.3 is 39.0 Å². The molecule has 1 fully saturated rings. The number of allylic oxidation sites excluding steroid dienone is 20. The van der Waals surface area contributed by atoms with Crippen molar-refractivity contribution < 1.29 is 58.2 Å². The maximum absolute atomic E-state index is 13.2. The zero-order chi connectivity index (χ0) is 61.7. The minimum atomic E-state index is -1.93. The van der Waals surface area contributed by atoms with Crippen LogP contribution in [0.5, 0.6) is 0 Å². The number of aliphatic carboxylic acids is 1. The molecule has 6 unspecified atom stereocenters. The summed E-state index contributed by atoms with van der Waals surface area (Å²) in [6.07, 6.45) is 70.2. The monoisotopic (exact) mass is 1190 g/mol. The molecule has 1 heterocycles. The summed E-state index contributed by atoms with van der Waals surface area (Å²) in [5.74, 6) is -3.24. The quantitative estimate of drug-likeness (QED) is 0.0228. The van der Waals surface area contributed by atoms with Crippen LogP contribution in [0.25, 0.3) is 0 Å². The molecule has 1 aliphatic rings. The molecular formula is C73H118O12. The highest BCUT2D eigenvalue weighted by Gasteiger charge is 2.50. The first kappa shape index (κ1) is 78.1. The van der Waals surface area contributed by atoms with E-state index in [-0.39, 0.29) is 25.9 Å². The van der Waals surface area contributed by atoms with Crippen LogP contribution < -0.4 is 0 Å². The number of carbonyl (C=O) groups is 4. The van der Waals surface area contributed by atoms with Crippen molar-refractivity contribution in [2.45, 2.75) is 302 Å². The normalized spacial score (nSPS) is 18.2. The molecule has 0 bridgehead atoms. The fourth-order valence-corrected chi connectivity index (χ4v) is 9.49. The van der Waals surface area contributed by atoms with Crippen LogP contribution >= 0.6 is 0 Å². The fraction of sp³-hybridized carbons (Fsp3) is 0.671. The van der Waals surface area contributed by atoms with Crippen LogP contribution in [0.2, 0.25) is 0 Å². The fourth-order valence-electron chi connectivity index (χ4n) is 9.49. The van der Waals surface area contributed by atoms with Crippen molar-refractivity contribution in [2.24, 2.45) is 0 Å². The molecule has 0 saturated carbocycles. The van der Waals surface area contributed by atoms with Gasteiger partial charge in [0.05, 0.1) is 6.61 Å². The Morgan fingerprint density at radius 1 is 0.400 bits per heavy atom. The second-order valence-electron chi connectivity index (χ2n) is 22.3. The molecule has 6 atom stereocenters. The van der Waals surface area contributed by atoms with Crippen LogP contribution in [0.15, 0.2) is 122 Å². The summed E-state index contributed by atoms with van der Waals surface area (Å²) in [4.78, 5) is 51.4. The molecular weight excluding hydrogens is 1070 g/mol. The van der Waals surface area contributed by atoms with Crippen LogP contribution in [-0.4, -0.2) is 89.2 Å². The lowest BCUT2D eigenvalue weighted by Crippen LogP contribution is -2.61. The van der Waals surface area contributed by atoms with Gasteiger partial charge in [-0.3, -0.25) is 14.4 Å². The molecule has 0 amide bonds. The minimum absolute atomic E-state index is 0.00931. The second-order valence-corrected chi connectivity index (χ2v) is 22.3. The van der Waals surface area contributed by atoms with E-state index in [1.165, 1.54) is 96.3 Å². The van der Waals surface area contributed by atoms with Crippen LogP contribution in [0, 0.1) is 0 Å². The Balaban J connectivity index is 2.70. The van der Waals surface area contributed by atoms with Gasteiger partial charge in [-0.25, -0.2) is 4.79 Å². The maximum atomic E-state index is 13.2. The summed E-state index contributed by atoms with van der Waals surface area (Å²) >= 11 is 0. The van der Waals surface area contributed by atoms with Gasteiger partial charge in [0.1, 0.15) is 18.8 Å². The van der Waals surface area contributed by atoms with Crippen molar-refractivity contribution in [3.8, 4) is 0 Å². The Hall–Kier alpha value is -4.88. The first-order chi connectivity index (χ1) is 41.6. The predicted molar refractivity (Wildman–Crippen MR) is 349 cm³/mol. The summed E-state index contributed by atoms with van der Waals surface area (Å²) < 4.78 is 28.5. The topological polar surface area (TPSA) is 175 Å². The third kappa shape index (κ3) is 48.9. The third-order valence-electron chi connectivity index (χ3n) is 14.5. The Morgan fingerprint density at radius 3 is 1.16 bits per heavy atom. The Bertz CT molecular complexity index is 1940. The molecule has 0 aromatic carbocycles. The van der Waals surface area contributed by atoms with Gasteiger partial charge in [0, 0.05) is 19.3 Å². The van der Waals surface area contributed by atoms with Gasteiger partial charge in [-0.1, -0.05) is 264 Å². The summed E-state index contributed by atoms with van der Waals surface area (Å²) in [5, 5.41) is 31.6. The molecule has 482 valence electrons. The molecule has 0 aliphatic carbocycles. The zero-order valence-electron chi connectivity index (χ0n) is 53.3. The Labute approximate surface area is 516 Å². The first-order valence-corrected chi connectivity index (χ1v) is 33.5. The molecule has 0 radical (unpaired) electrons. The van der Waals surface area contributed by atoms with Crippen molar-refractivity contribution in [1.82, 2.24) is 0 Å². The minimum Gasteiger partial charge on any atom is -0.479 e. The van der Waals surface area contributed by atoms with Crippen LogP contribution in [0.3, 0.4) is 0 Å². The number of hydrogen-bond acceptors (Lipinski definition) is 11. The van der Waals surface area contributed by atoms with E-state index in [0.29, 0.717) is 25.7 Å². The van der Waals surface area contributed by atoms with Gasteiger partial charge in [-0.2, -0.15) is 0 Å². The average Bonchev–Trinajstić information content (AvgIpc) is 2.79. The molecule has 0 aromatic rings. The molecule has 85 heavy (non-hydrogen) atoms. The van der Waals surface area contributed by atoms with E-state index in [0.717, 1.165) is 103 Å². The lowest BCUT2D eigenvalue weighted by molar-refractivity contribution is -0.301. The van der Waals surface area contributed by atoms with Crippen LogP contribution in [0.1, 0.15) is 265 Å². The summed E-state index contributed by atoms with van der Waals surface area (Å²) in [6.45, 7) is 5.74. The van der Waals surface area contributed by atoms with Crippen LogP contribution in [-0.2, 0) is 42.9 Å². The van der Waals surface area contributed by atoms with E-state index < -0.39 is 67.3 Å². The van der Waals surface area contributed by atoms with Gasteiger partial charge in [-0.15, -0.1) is 0 Å². The second kappa shape index (κ2) is 59.5. The van der Waals surface area contributed by atoms with Gasteiger partial charge in [0.15, 0.2) is 24.6 Å². The zero-order valence-corrected chi connectivity index (χ0v) is 53.3. The SMILES string of the molecule is CC/C=C\C/C=C\C/C=C\C/C=C\C/C=C\CCCCCC(=O)OC1C(OCC(COC(=O)CCCCCCCCCCCCCCCCCCCCC)OC(=O)CCC/C=C\C/C=C\C/C=C\C/C=C\C/C=C\CC)OC(C(=O)O)C(O)C1O. The van der Waals surface area contributed by atoms with Gasteiger partial charge in [-0.05, 0) is 103 Å². The van der Waals surface area contributed by atoms with Crippen molar-refractivity contribution >= 4 is 23.9 Å². The number of aliphatic hydroxyl groups is 2. The van der Waals surface area contributed by atoms with Crippen molar-refractivity contribution in [1.29, 1.82) is 0 Å². The lowest BCUT2D eigenvalue weighted by atomic mass is 9.98. The van der Waals surface area contributed by atoms with Crippen molar-refractivity contribution in [3.63, 3.8) is 0 Å². The molecule has 1 saturated heterocycles. The van der Waals surface area contributed by atoms with E-state index in [9.17, 15) is 34.5 Å². The maximum Gasteiger partial charge on any atom is 0.335 e. The number of aliphatic hydroxyl groups excluding tert-OH is 2. The third-order valence-corrected chi connectivity index (χ3v) is 14.5. The molecule has 1 aliphatic heterocycles. The highest BCUT2D eigenvalue weighted by atomic mass is 16.7. The van der Waals surface area contributed by atoms with Crippen molar-refractivity contribution in [3.05, 3.63) is 122 Å². The van der Waals surface area contributed by atoms with Gasteiger partial charge in [0.2, 0.25) is 0 Å². The molecule has 12 heteroatoms. The highest BCUT2D eigenvalue weighted by molar-refractivity contribution is 5.74. The number of unbranched alkanes of at least 4 members (excludes halogenated alkanes) is 22. The standard InChI is InChI=1S/C73H118O12/c1-4-7-10-13-16-19-22-25-28-31-33-36-38-41-44-47-50-53-56-59-65(74)81-62-64(83-66(75)60-57-54-51-48-45-42-39-35-30-27-24-21-18-15-12-9-6-3)63-82-73-71(69(78)68(77)70(85-73)72(79)80)84-67(76)61-58-55-52-49-46-43-40-37-34-32-29-26-23-20-17-14-11-8-5-2/h8-9,11-12,17-18,20-21,26-27,29-30,34,37,39,42-43,46,48,51,64,68-71,73,77-78H,4-7,10,13-16,19,22-25,28,31-33,35-36,38,40-41,44-45,47,49-50,52-63H2,1-3H3,(H,79,80)/b11-8-,12-9-,20-17-,21-18-,29-26-,30-27-,37-34-,42-39-,46-43-,51-48-. The first-order valence-electron chi connectivity index (χ1n) is 33.5. The van der Waals surface area contributed by atoms with E-state index >= 15 is 0 Å². The molecule has 0 spiro atoms. The van der Waals surface area contributed by atoms with E-state index in [1.807, 2.05) is 12.2 Å². The van der Waals surface area contributed by atoms with E-state index in [2.05, 4.69) is 130 Å². The lowest BCUT2D eigenvalue weighted by Gasteiger charge is -2.40. The molecule has 3 N–H and O–H groups in total. The largest absolute Gasteiger partial charge is 0.479 e. The molecule has 0 aromatic heterocycles. The average molecular weight is 1190 g/mol. The smallest absolute Gasteiger partial charge is 0.335 e. The van der Waals surface area contributed by atoms with Gasteiger partial charge in [0.25, 0.3) is 0 Å². The summed E-state index contributed by atoms with van der Waals surface area (Å²) in [5.41, 5.74) is 0. The summed E-state index contributed by atoms with van der Waals surface area (Å²) in [6, 6.07) is 0. The van der Waals surface area contributed by atoms with E-state index in [4.69, 9.17) is 23.7 Å². The number of carbonyl (C=O) groups excluding carboxylic acids is 3. The molecule has 1 rings (SSSR count). The number of carboxylic acids is 1. The number of rotatable bonds is 56. The number of ether oxygens (including phenoxy) is 5. The Kier molecular flexibility index (Phi) is 54.6. The Morgan fingerprint density at radius 2 is 0.753 bits per heavy atom. The van der Waals surface area contributed by atoms with Crippen molar-refractivity contribution in [2.75, 3.05) is 13.2 Å².